The average molecular weight is 238 g/mol. The molecule has 0 bridgehead atoms. The van der Waals surface area contributed by atoms with Gasteiger partial charge in [-0.25, -0.2) is 4.98 Å². The van der Waals surface area contributed by atoms with E-state index in [9.17, 15) is 13.2 Å². The van der Waals surface area contributed by atoms with Gasteiger partial charge in [0.05, 0.1) is 12.7 Å². The number of nitrogens with zero attached hydrogens (tertiary/aromatic N) is 1. The number of hydrogen-bond acceptors (Lipinski definition) is 2. The first-order valence-electron chi connectivity index (χ1n) is 3.82. The van der Waals surface area contributed by atoms with Crippen molar-refractivity contribution < 1.29 is 17.9 Å². The Bertz CT molecular complexity index is 389. The molecule has 0 unspecified atom stereocenters. The third-order valence-corrected chi connectivity index (χ3v) is 1.93. The summed E-state index contributed by atoms with van der Waals surface area (Å²) in [7, 11) is 1.23. The maximum atomic E-state index is 12.5. The summed E-state index contributed by atoms with van der Waals surface area (Å²) in [5.74, 6) is -0.105. The van der Waals surface area contributed by atoms with E-state index in [2.05, 4.69) is 16.3 Å². The van der Waals surface area contributed by atoms with Crippen molar-refractivity contribution in [2.24, 2.45) is 0 Å². The summed E-state index contributed by atoms with van der Waals surface area (Å²) in [6.07, 6.45) is -3.85. The van der Waals surface area contributed by atoms with Crippen molar-refractivity contribution in [1.29, 1.82) is 0 Å². The second-order valence-corrected chi connectivity index (χ2v) is 3.06. The molecule has 1 aromatic heterocycles. The minimum absolute atomic E-state index is 0.0452. The van der Waals surface area contributed by atoms with Gasteiger partial charge in [-0.05, 0) is 6.07 Å². The van der Waals surface area contributed by atoms with Crippen LogP contribution in [0.15, 0.2) is 18.8 Å². The van der Waals surface area contributed by atoms with Crippen LogP contribution in [0.4, 0.5) is 13.2 Å². The Morgan fingerprint density at radius 1 is 1.53 bits per heavy atom. The van der Waals surface area contributed by atoms with Gasteiger partial charge in [0.15, 0.2) is 0 Å². The van der Waals surface area contributed by atoms with E-state index in [1.807, 2.05) is 0 Å². The summed E-state index contributed by atoms with van der Waals surface area (Å²) in [5, 5.41) is -0.0452. The maximum Gasteiger partial charge on any atom is 0.418 e. The van der Waals surface area contributed by atoms with Crippen LogP contribution in [-0.2, 0) is 10.9 Å². The SMILES string of the molecule is C=C(OC)c1cc(Cl)ncc1C(F)(F)F. The van der Waals surface area contributed by atoms with Crippen molar-refractivity contribution >= 4 is 17.4 Å². The van der Waals surface area contributed by atoms with E-state index in [-0.39, 0.29) is 16.5 Å². The normalized spacial score (nSPS) is 11.3. The Kier molecular flexibility index (Phi) is 3.24. The lowest BCUT2D eigenvalue weighted by Crippen LogP contribution is -2.09. The van der Waals surface area contributed by atoms with Crippen molar-refractivity contribution in [2.75, 3.05) is 7.11 Å². The third kappa shape index (κ3) is 2.62. The van der Waals surface area contributed by atoms with Gasteiger partial charge in [0.2, 0.25) is 0 Å². The molecule has 0 amide bonds. The molecule has 0 aliphatic heterocycles. The van der Waals surface area contributed by atoms with Gasteiger partial charge in [0.1, 0.15) is 10.9 Å². The van der Waals surface area contributed by atoms with E-state index in [4.69, 9.17) is 11.6 Å². The highest BCUT2D eigenvalue weighted by molar-refractivity contribution is 6.29. The van der Waals surface area contributed by atoms with Crippen molar-refractivity contribution in [3.05, 3.63) is 35.1 Å². The van der Waals surface area contributed by atoms with Crippen LogP contribution in [0.5, 0.6) is 0 Å². The number of halogens is 4. The molecular formula is C9H7ClF3NO. The van der Waals surface area contributed by atoms with E-state index in [0.29, 0.717) is 6.20 Å². The third-order valence-electron chi connectivity index (χ3n) is 1.72. The molecule has 6 heteroatoms. The Labute approximate surface area is 89.3 Å². The fourth-order valence-electron chi connectivity index (χ4n) is 0.996. The molecule has 1 heterocycles. The number of pyridine rings is 1. The molecule has 0 aliphatic carbocycles. The number of alkyl halides is 3. The number of methoxy groups -OCH3 is 1. The van der Waals surface area contributed by atoms with Gasteiger partial charge in [0, 0.05) is 11.8 Å². The Morgan fingerprint density at radius 3 is 2.60 bits per heavy atom. The number of hydrogen-bond donors (Lipinski definition) is 0. The lowest BCUT2D eigenvalue weighted by atomic mass is 10.1. The first kappa shape index (κ1) is 11.8. The van der Waals surface area contributed by atoms with Crippen LogP contribution in [0.1, 0.15) is 11.1 Å². The first-order chi connectivity index (χ1) is 6.86. The Hall–Kier alpha value is -1.23. The first-order valence-corrected chi connectivity index (χ1v) is 4.20. The van der Waals surface area contributed by atoms with Gasteiger partial charge in [-0.2, -0.15) is 13.2 Å². The van der Waals surface area contributed by atoms with Gasteiger partial charge >= 0.3 is 6.18 Å². The topological polar surface area (TPSA) is 22.1 Å². The zero-order valence-corrected chi connectivity index (χ0v) is 8.49. The summed E-state index contributed by atoms with van der Waals surface area (Å²) in [6.45, 7) is 3.35. The summed E-state index contributed by atoms with van der Waals surface area (Å²) < 4.78 is 42.1. The van der Waals surface area contributed by atoms with E-state index in [1.165, 1.54) is 7.11 Å². The van der Waals surface area contributed by atoms with Gasteiger partial charge in [-0.1, -0.05) is 18.2 Å². The zero-order chi connectivity index (χ0) is 11.6. The Balaban J connectivity index is 3.33. The van der Waals surface area contributed by atoms with Crippen LogP contribution in [-0.4, -0.2) is 12.1 Å². The highest BCUT2D eigenvalue weighted by Gasteiger charge is 2.34. The smallest absolute Gasteiger partial charge is 0.418 e. The van der Waals surface area contributed by atoms with Gasteiger partial charge in [-0.3, -0.25) is 0 Å². The van der Waals surface area contributed by atoms with Crippen LogP contribution >= 0.6 is 11.6 Å². The molecule has 2 nitrogen and oxygen atoms in total. The highest BCUT2D eigenvalue weighted by Crippen LogP contribution is 2.35. The number of ether oxygens (including phenoxy) is 1. The molecule has 0 radical (unpaired) electrons. The molecule has 0 aromatic carbocycles. The van der Waals surface area contributed by atoms with E-state index < -0.39 is 11.7 Å². The molecule has 1 aromatic rings. The highest BCUT2D eigenvalue weighted by atomic mass is 35.5. The van der Waals surface area contributed by atoms with Crippen LogP contribution in [0.3, 0.4) is 0 Å². The Morgan fingerprint density at radius 2 is 2.13 bits per heavy atom. The molecule has 0 atom stereocenters. The second-order valence-electron chi connectivity index (χ2n) is 2.68. The molecule has 15 heavy (non-hydrogen) atoms. The standard InChI is InChI=1S/C9H7ClF3NO/c1-5(15-2)6-3-8(10)14-4-7(6)9(11,12)13/h3-4H,1H2,2H3. The fourth-order valence-corrected chi connectivity index (χ4v) is 1.15. The summed E-state index contributed by atoms with van der Waals surface area (Å²) in [6, 6.07) is 1.07. The van der Waals surface area contributed by atoms with Crippen molar-refractivity contribution in [1.82, 2.24) is 4.98 Å². The van der Waals surface area contributed by atoms with Crippen molar-refractivity contribution in [3.63, 3.8) is 0 Å². The fraction of sp³-hybridized carbons (Fsp3) is 0.222. The average Bonchev–Trinajstić information content (AvgIpc) is 2.14. The number of aromatic nitrogens is 1. The van der Waals surface area contributed by atoms with Gasteiger partial charge in [-0.15, -0.1) is 0 Å². The quantitative estimate of drug-likeness (QED) is 0.581. The van der Waals surface area contributed by atoms with E-state index in [0.717, 1.165) is 6.07 Å². The molecule has 0 N–H and O–H groups in total. The van der Waals surface area contributed by atoms with E-state index >= 15 is 0 Å². The molecule has 0 aliphatic rings. The maximum absolute atomic E-state index is 12.5. The lowest BCUT2D eigenvalue weighted by molar-refractivity contribution is -0.138. The minimum Gasteiger partial charge on any atom is -0.497 e. The van der Waals surface area contributed by atoms with Crippen molar-refractivity contribution in [2.45, 2.75) is 6.18 Å². The van der Waals surface area contributed by atoms with Crippen LogP contribution in [0.25, 0.3) is 5.76 Å². The molecule has 1 rings (SSSR count). The molecule has 0 saturated heterocycles. The second kappa shape index (κ2) is 4.10. The number of rotatable bonds is 2. The summed E-state index contributed by atoms with van der Waals surface area (Å²) in [5.41, 5.74) is -1.12. The van der Waals surface area contributed by atoms with Crippen LogP contribution in [0, 0.1) is 0 Å². The molecule has 0 saturated carbocycles. The predicted octanol–water partition coefficient (Wildman–Crippen LogP) is 3.37. The molecular weight excluding hydrogens is 231 g/mol. The van der Waals surface area contributed by atoms with Crippen LogP contribution in [0.2, 0.25) is 5.15 Å². The monoisotopic (exact) mass is 237 g/mol. The van der Waals surface area contributed by atoms with Gasteiger partial charge < -0.3 is 4.74 Å². The molecule has 0 fully saturated rings. The molecule has 0 spiro atoms. The molecule has 82 valence electrons. The zero-order valence-electron chi connectivity index (χ0n) is 7.73. The van der Waals surface area contributed by atoms with Gasteiger partial charge in [0.25, 0.3) is 0 Å². The minimum atomic E-state index is -4.51. The van der Waals surface area contributed by atoms with Crippen LogP contribution < -0.4 is 0 Å². The largest absolute Gasteiger partial charge is 0.497 e. The van der Waals surface area contributed by atoms with Crippen molar-refractivity contribution in [3.8, 4) is 0 Å². The summed E-state index contributed by atoms with van der Waals surface area (Å²) in [4.78, 5) is 3.37. The predicted molar refractivity (Wildman–Crippen MR) is 50.3 cm³/mol. The summed E-state index contributed by atoms with van der Waals surface area (Å²) >= 11 is 5.49. The lowest BCUT2D eigenvalue weighted by Gasteiger charge is -2.13. The van der Waals surface area contributed by atoms with E-state index in [1.54, 1.807) is 0 Å².